The number of aliphatic hydroxyl groups excluding tert-OH is 1. The Balaban J connectivity index is 2.52. The molecule has 0 aliphatic rings. The van der Waals surface area contributed by atoms with E-state index >= 15 is 0 Å². The number of hydrogen-bond donors (Lipinski definition) is 1. The van der Waals surface area contributed by atoms with Gasteiger partial charge < -0.3 is 14.3 Å². The summed E-state index contributed by atoms with van der Waals surface area (Å²) in [5.41, 5.74) is -4.41. The third-order valence-corrected chi connectivity index (χ3v) is 4.21. The molecule has 1 heterocycles. The molecule has 0 radical (unpaired) electrons. The average molecular weight is 461 g/mol. The first-order chi connectivity index (χ1) is 14.1. The van der Waals surface area contributed by atoms with Gasteiger partial charge in [0, 0.05) is 7.11 Å². The third kappa shape index (κ3) is 5.50. The maximum absolute atomic E-state index is 13.0. The molecule has 1 aromatic carbocycles. The summed E-state index contributed by atoms with van der Waals surface area (Å²) in [5.74, 6) is -4.00. The van der Waals surface area contributed by atoms with Gasteiger partial charge in [0.15, 0.2) is 0 Å². The van der Waals surface area contributed by atoms with Crippen molar-refractivity contribution in [3.8, 4) is 6.07 Å². The van der Waals surface area contributed by atoms with Crippen LogP contribution < -0.4 is 0 Å². The standard InChI is InChI=1S/C18H12F9NO3/c1-30-15(12-2-3-13(31-12)18(25,26)27)11(7-28)14(29)8-4-9(16(19,20)21)6-10(5-8)17(22,23)24/h2-6,11,14-15,29H,1H3. The van der Waals surface area contributed by atoms with Crippen molar-refractivity contribution in [1.29, 1.82) is 5.26 Å². The van der Waals surface area contributed by atoms with Crippen molar-refractivity contribution in [1.82, 2.24) is 0 Å². The number of hydrogen-bond acceptors (Lipinski definition) is 4. The van der Waals surface area contributed by atoms with Crippen molar-refractivity contribution in [2.75, 3.05) is 7.11 Å². The van der Waals surface area contributed by atoms with Crippen LogP contribution in [-0.4, -0.2) is 12.2 Å². The van der Waals surface area contributed by atoms with Gasteiger partial charge in [-0.05, 0) is 35.9 Å². The number of furan rings is 1. The molecule has 0 spiro atoms. The zero-order valence-corrected chi connectivity index (χ0v) is 15.2. The summed E-state index contributed by atoms with van der Waals surface area (Å²) in [6.45, 7) is 0. The van der Waals surface area contributed by atoms with Gasteiger partial charge in [0.25, 0.3) is 0 Å². The van der Waals surface area contributed by atoms with E-state index in [0.717, 1.165) is 13.2 Å². The van der Waals surface area contributed by atoms with Crippen molar-refractivity contribution in [3.05, 3.63) is 58.5 Å². The molecule has 1 N–H and O–H groups in total. The average Bonchev–Trinajstić information content (AvgIpc) is 3.14. The molecular weight excluding hydrogens is 449 g/mol. The number of nitriles is 1. The second-order valence-electron chi connectivity index (χ2n) is 6.30. The predicted octanol–water partition coefficient (Wildman–Crippen LogP) is 5.90. The topological polar surface area (TPSA) is 66.4 Å². The van der Waals surface area contributed by atoms with E-state index in [4.69, 9.17) is 4.74 Å². The number of aliphatic hydroxyl groups is 1. The molecule has 31 heavy (non-hydrogen) atoms. The van der Waals surface area contributed by atoms with E-state index in [2.05, 4.69) is 4.42 Å². The van der Waals surface area contributed by atoms with Crippen LogP contribution in [0.15, 0.2) is 34.7 Å². The van der Waals surface area contributed by atoms with E-state index in [-0.39, 0.29) is 18.2 Å². The van der Waals surface area contributed by atoms with Crippen molar-refractivity contribution in [2.24, 2.45) is 5.92 Å². The highest BCUT2D eigenvalue weighted by Crippen LogP contribution is 2.42. The molecule has 0 amide bonds. The lowest BCUT2D eigenvalue weighted by molar-refractivity contribution is -0.154. The second-order valence-corrected chi connectivity index (χ2v) is 6.30. The lowest BCUT2D eigenvalue weighted by atomic mass is 9.89. The summed E-state index contributed by atoms with van der Waals surface area (Å²) < 4.78 is 126. The van der Waals surface area contributed by atoms with Gasteiger partial charge in [0.2, 0.25) is 5.76 Å². The normalized spacial score (nSPS) is 15.9. The lowest BCUT2D eigenvalue weighted by Gasteiger charge is -2.25. The summed E-state index contributed by atoms with van der Waals surface area (Å²) in [6.07, 6.45) is -19.3. The van der Waals surface area contributed by atoms with Crippen LogP contribution in [-0.2, 0) is 23.3 Å². The Hall–Kier alpha value is -2.72. The maximum atomic E-state index is 13.0. The molecule has 2 rings (SSSR count). The van der Waals surface area contributed by atoms with Gasteiger partial charge in [0.1, 0.15) is 17.8 Å². The van der Waals surface area contributed by atoms with Gasteiger partial charge in [-0.3, -0.25) is 0 Å². The number of methoxy groups -OCH3 is 1. The predicted molar refractivity (Wildman–Crippen MR) is 84.0 cm³/mol. The molecule has 3 atom stereocenters. The highest BCUT2D eigenvalue weighted by Gasteiger charge is 2.41. The monoisotopic (exact) mass is 461 g/mol. The molecule has 170 valence electrons. The summed E-state index contributed by atoms with van der Waals surface area (Å²) in [4.78, 5) is 0. The Kier molecular flexibility index (Phi) is 6.67. The fourth-order valence-corrected chi connectivity index (χ4v) is 2.76. The Labute approximate surface area is 168 Å². The third-order valence-electron chi connectivity index (χ3n) is 4.21. The highest BCUT2D eigenvalue weighted by atomic mass is 19.4. The fourth-order valence-electron chi connectivity index (χ4n) is 2.76. The molecule has 0 saturated carbocycles. The number of benzene rings is 1. The Morgan fingerprint density at radius 2 is 1.42 bits per heavy atom. The van der Waals surface area contributed by atoms with Crippen LogP contribution >= 0.6 is 0 Å². The molecule has 0 aliphatic carbocycles. The van der Waals surface area contributed by atoms with Crippen molar-refractivity contribution >= 4 is 0 Å². The first-order valence-electron chi connectivity index (χ1n) is 8.16. The molecular formula is C18H12F9NO3. The zero-order valence-electron chi connectivity index (χ0n) is 15.2. The number of nitrogens with zero attached hydrogens (tertiary/aromatic N) is 1. The van der Waals surface area contributed by atoms with Crippen molar-refractivity contribution < 1.29 is 53.8 Å². The van der Waals surface area contributed by atoms with Crippen LogP contribution in [0.1, 0.15) is 40.4 Å². The van der Waals surface area contributed by atoms with Gasteiger partial charge in [0.05, 0.1) is 23.3 Å². The van der Waals surface area contributed by atoms with Crippen LogP contribution in [0.4, 0.5) is 39.5 Å². The Morgan fingerprint density at radius 3 is 1.77 bits per heavy atom. The smallest absolute Gasteiger partial charge is 0.449 e. The van der Waals surface area contributed by atoms with E-state index in [0.29, 0.717) is 6.07 Å². The minimum absolute atomic E-state index is 0.173. The zero-order chi connectivity index (χ0) is 23.8. The van der Waals surface area contributed by atoms with Crippen LogP contribution in [0.3, 0.4) is 0 Å². The summed E-state index contributed by atoms with van der Waals surface area (Å²) in [6, 6.07) is 2.94. The first kappa shape index (κ1) is 24.5. The summed E-state index contributed by atoms with van der Waals surface area (Å²) in [7, 11) is 0.908. The van der Waals surface area contributed by atoms with Crippen molar-refractivity contribution in [3.63, 3.8) is 0 Å². The number of alkyl halides is 9. The fraction of sp³-hybridized carbons (Fsp3) is 0.389. The quantitative estimate of drug-likeness (QED) is 0.564. The molecule has 2 aromatic rings. The molecule has 0 bridgehead atoms. The van der Waals surface area contributed by atoms with Gasteiger partial charge in [-0.1, -0.05) is 0 Å². The second kappa shape index (κ2) is 8.43. The van der Waals surface area contributed by atoms with E-state index in [1.165, 1.54) is 6.07 Å². The Morgan fingerprint density at radius 1 is 0.903 bits per heavy atom. The molecule has 0 saturated heterocycles. The van der Waals surface area contributed by atoms with Crippen LogP contribution in [0, 0.1) is 17.2 Å². The minimum Gasteiger partial charge on any atom is -0.454 e. The van der Waals surface area contributed by atoms with Gasteiger partial charge in [-0.2, -0.15) is 44.8 Å². The van der Waals surface area contributed by atoms with E-state index in [1.54, 1.807) is 0 Å². The summed E-state index contributed by atoms with van der Waals surface area (Å²) >= 11 is 0. The van der Waals surface area contributed by atoms with E-state index in [9.17, 15) is 49.9 Å². The number of rotatable bonds is 5. The van der Waals surface area contributed by atoms with Gasteiger partial charge in [-0.15, -0.1) is 0 Å². The molecule has 4 nitrogen and oxygen atoms in total. The molecule has 0 aliphatic heterocycles. The molecule has 13 heteroatoms. The van der Waals surface area contributed by atoms with Crippen molar-refractivity contribution in [2.45, 2.75) is 30.7 Å². The summed E-state index contributed by atoms with van der Waals surface area (Å²) in [5, 5.41) is 19.7. The van der Waals surface area contributed by atoms with Crippen LogP contribution in [0.5, 0.6) is 0 Å². The minimum atomic E-state index is -5.21. The lowest BCUT2D eigenvalue weighted by Crippen LogP contribution is -2.22. The first-order valence-corrected chi connectivity index (χ1v) is 8.16. The maximum Gasteiger partial charge on any atom is 0.449 e. The van der Waals surface area contributed by atoms with Gasteiger partial charge in [-0.25, -0.2) is 0 Å². The largest absolute Gasteiger partial charge is 0.454 e. The number of halogens is 9. The molecule has 1 aromatic heterocycles. The highest BCUT2D eigenvalue weighted by molar-refractivity contribution is 5.36. The Bertz CT molecular complexity index is 922. The SMILES string of the molecule is COC(c1ccc(C(F)(F)F)o1)C(C#N)C(O)c1cc(C(F)(F)F)cc(C(F)(F)F)c1. The number of ether oxygens (including phenoxy) is 1. The van der Waals surface area contributed by atoms with Crippen LogP contribution in [0.25, 0.3) is 0 Å². The van der Waals surface area contributed by atoms with E-state index < -0.39 is 64.9 Å². The van der Waals surface area contributed by atoms with Gasteiger partial charge >= 0.3 is 18.5 Å². The molecule has 3 unspecified atom stereocenters. The van der Waals surface area contributed by atoms with Crippen LogP contribution in [0.2, 0.25) is 0 Å². The van der Waals surface area contributed by atoms with E-state index in [1.807, 2.05) is 0 Å². The molecule has 0 fully saturated rings.